The lowest BCUT2D eigenvalue weighted by Crippen LogP contribution is -2.34. The second-order valence-corrected chi connectivity index (χ2v) is 5.29. The third-order valence-electron chi connectivity index (χ3n) is 3.67. The van der Waals surface area contributed by atoms with E-state index >= 15 is 0 Å². The number of aryl methyl sites for hydroxylation is 1. The molecule has 0 fully saturated rings. The van der Waals surface area contributed by atoms with Gasteiger partial charge in [-0.05, 0) is 30.9 Å². The van der Waals surface area contributed by atoms with Crippen LogP contribution >= 0.6 is 0 Å². The summed E-state index contributed by atoms with van der Waals surface area (Å²) in [5.41, 5.74) is 3.95. The Morgan fingerprint density at radius 1 is 1.33 bits per heavy atom. The Hall–Kier alpha value is -1.77. The molecule has 1 aromatic heterocycles. The van der Waals surface area contributed by atoms with Crippen molar-refractivity contribution in [1.29, 1.82) is 0 Å². The van der Waals surface area contributed by atoms with Crippen molar-refractivity contribution in [1.82, 2.24) is 9.55 Å². The van der Waals surface area contributed by atoms with Gasteiger partial charge in [0.2, 0.25) is 0 Å². The molecule has 0 N–H and O–H groups in total. The molecule has 2 heterocycles. The van der Waals surface area contributed by atoms with E-state index in [0.29, 0.717) is 5.92 Å². The van der Waals surface area contributed by atoms with Crippen LogP contribution in [-0.4, -0.2) is 23.1 Å². The van der Waals surface area contributed by atoms with Crippen LogP contribution in [0.25, 0.3) is 0 Å². The first-order valence-corrected chi connectivity index (χ1v) is 6.50. The van der Waals surface area contributed by atoms with Gasteiger partial charge in [-0.25, -0.2) is 4.98 Å². The van der Waals surface area contributed by atoms with Crippen molar-refractivity contribution in [3.05, 3.63) is 48.0 Å². The third kappa shape index (κ3) is 2.13. The molecule has 1 unspecified atom stereocenters. The van der Waals surface area contributed by atoms with Gasteiger partial charge in [0.1, 0.15) is 0 Å². The highest BCUT2D eigenvalue weighted by Gasteiger charge is 2.21. The van der Waals surface area contributed by atoms with Crippen molar-refractivity contribution in [2.75, 3.05) is 18.5 Å². The number of fused-ring (bicyclic) bond motifs is 1. The fourth-order valence-electron chi connectivity index (χ4n) is 2.91. The number of aromatic nitrogens is 2. The summed E-state index contributed by atoms with van der Waals surface area (Å²) >= 11 is 0. The van der Waals surface area contributed by atoms with Crippen LogP contribution in [0.5, 0.6) is 0 Å². The van der Waals surface area contributed by atoms with Crippen LogP contribution in [0.1, 0.15) is 11.3 Å². The molecule has 0 aliphatic carbocycles. The largest absolute Gasteiger partial charge is 0.374 e. The first kappa shape index (κ1) is 11.3. The number of nitrogens with zero attached hydrogens (tertiary/aromatic N) is 3. The molecule has 18 heavy (non-hydrogen) atoms. The highest BCUT2D eigenvalue weighted by molar-refractivity contribution is 5.55. The summed E-state index contributed by atoms with van der Waals surface area (Å²) in [7, 11) is 2.18. The lowest BCUT2D eigenvalue weighted by atomic mass is 9.93. The maximum Gasteiger partial charge on any atom is 0.0949 e. The Morgan fingerprint density at radius 3 is 2.94 bits per heavy atom. The van der Waals surface area contributed by atoms with E-state index in [1.807, 2.05) is 13.3 Å². The van der Waals surface area contributed by atoms with Crippen molar-refractivity contribution in [3.8, 4) is 0 Å². The van der Waals surface area contributed by atoms with Gasteiger partial charge in [-0.1, -0.05) is 18.2 Å². The minimum atomic E-state index is 0.665. The van der Waals surface area contributed by atoms with Gasteiger partial charge in [0.15, 0.2) is 0 Å². The van der Waals surface area contributed by atoms with Crippen LogP contribution in [0.15, 0.2) is 36.8 Å². The molecule has 1 aliphatic rings. The lowest BCUT2D eigenvalue weighted by Gasteiger charge is -2.33. The van der Waals surface area contributed by atoms with Crippen LogP contribution < -0.4 is 4.90 Å². The van der Waals surface area contributed by atoms with Gasteiger partial charge in [-0.15, -0.1) is 0 Å². The summed E-state index contributed by atoms with van der Waals surface area (Å²) in [6, 6.07) is 8.72. The van der Waals surface area contributed by atoms with E-state index in [-0.39, 0.29) is 0 Å². The van der Waals surface area contributed by atoms with Gasteiger partial charge in [0.25, 0.3) is 0 Å². The standard InChI is InChI=1S/C15H19N3/c1-12-8-18(11-16-12)10-13-7-14-5-3-4-6-15(14)17(2)9-13/h3-6,8,11,13H,7,9-10H2,1-2H3. The van der Waals surface area contributed by atoms with Crippen molar-refractivity contribution in [3.63, 3.8) is 0 Å². The SMILES string of the molecule is Cc1cn(CC2Cc3ccccc3N(C)C2)cn1. The van der Waals surface area contributed by atoms with Crippen LogP contribution in [-0.2, 0) is 13.0 Å². The molecule has 1 aromatic carbocycles. The Kier molecular flexibility index (Phi) is 2.82. The average Bonchev–Trinajstić information content (AvgIpc) is 2.75. The molecule has 3 heteroatoms. The summed E-state index contributed by atoms with van der Waals surface area (Å²) in [5.74, 6) is 0.665. The van der Waals surface area contributed by atoms with Gasteiger partial charge in [-0.2, -0.15) is 0 Å². The molecule has 1 atom stereocenters. The molecule has 0 radical (unpaired) electrons. The van der Waals surface area contributed by atoms with Crippen molar-refractivity contribution < 1.29 is 0 Å². The van der Waals surface area contributed by atoms with E-state index in [1.54, 1.807) is 0 Å². The lowest BCUT2D eigenvalue weighted by molar-refractivity contribution is 0.430. The van der Waals surface area contributed by atoms with E-state index in [2.05, 4.69) is 52.0 Å². The second kappa shape index (κ2) is 4.48. The third-order valence-corrected chi connectivity index (χ3v) is 3.67. The van der Waals surface area contributed by atoms with Crippen LogP contribution in [0.2, 0.25) is 0 Å². The first-order chi connectivity index (χ1) is 8.72. The molecule has 94 valence electrons. The minimum absolute atomic E-state index is 0.665. The molecule has 2 aromatic rings. The quantitative estimate of drug-likeness (QED) is 0.805. The van der Waals surface area contributed by atoms with E-state index in [0.717, 1.165) is 25.2 Å². The number of rotatable bonds is 2. The highest BCUT2D eigenvalue weighted by Crippen LogP contribution is 2.28. The second-order valence-electron chi connectivity index (χ2n) is 5.29. The number of para-hydroxylation sites is 1. The van der Waals surface area contributed by atoms with E-state index < -0.39 is 0 Å². The molecule has 0 spiro atoms. The predicted molar refractivity (Wildman–Crippen MR) is 73.9 cm³/mol. The number of imidazole rings is 1. The molecule has 3 nitrogen and oxygen atoms in total. The fourth-order valence-corrected chi connectivity index (χ4v) is 2.91. The predicted octanol–water partition coefficient (Wildman–Crippen LogP) is 2.50. The molecule has 0 saturated carbocycles. The number of anilines is 1. The van der Waals surface area contributed by atoms with Gasteiger partial charge < -0.3 is 9.47 Å². The van der Waals surface area contributed by atoms with Crippen molar-refractivity contribution >= 4 is 5.69 Å². The molecule has 0 bridgehead atoms. The Bertz CT molecular complexity index is 544. The van der Waals surface area contributed by atoms with Gasteiger partial charge in [-0.3, -0.25) is 0 Å². The van der Waals surface area contributed by atoms with Gasteiger partial charge in [0, 0.05) is 32.0 Å². The summed E-state index contributed by atoms with van der Waals surface area (Å²) in [6.45, 7) is 4.21. The van der Waals surface area contributed by atoms with Crippen molar-refractivity contribution in [2.45, 2.75) is 19.9 Å². The number of benzene rings is 1. The highest BCUT2D eigenvalue weighted by atomic mass is 15.1. The number of hydrogen-bond donors (Lipinski definition) is 0. The summed E-state index contributed by atoms with van der Waals surface area (Å²) in [5, 5.41) is 0. The van der Waals surface area contributed by atoms with Crippen LogP contribution in [0.4, 0.5) is 5.69 Å². The Morgan fingerprint density at radius 2 is 2.17 bits per heavy atom. The zero-order chi connectivity index (χ0) is 12.5. The summed E-state index contributed by atoms with van der Waals surface area (Å²) in [6.07, 6.45) is 5.23. The van der Waals surface area contributed by atoms with E-state index in [1.165, 1.54) is 11.3 Å². The van der Waals surface area contributed by atoms with Crippen LogP contribution in [0, 0.1) is 12.8 Å². The van der Waals surface area contributed by atoms with Gasteiger partial charge in [0.05, 0.1) is 12.0 Å². The van der Waals surface area contributed by atoms with Crippen LogP contribution in [0.3, 0.4) is 0 Å². The molecule has 0 saturated heterocycles. The topological polar surface area (TPSA) is 21.1 Å². The van der Waals surface area contributed by atoms with E-state index in [4.69, 9.17) is 0 Å². The Labute approximate surface area is 108 Å². The zero-order valence-electron chi connectivity index (χ0n) is 11.0. The maximum absolute atomic E-state index is 4.29. The molecule has 0 amide bonds. The number of hydrogen-bond acceptors (Lipinski definition) is 2. The molecule has 1 aliphatic heterocycles. The summed E-state index contributed by atoms with van der Waals surface area (Å²) < 4.78 is 2.21. The average molecular weight is 241 g/mol. The fraction of sp³-hybridized carbons (Fsp3) is 0.400. The van der Waals surface area contributed by atoms with E-state index in [9.17, 15) is 0 Å². The minimum Gasteiger partial charge on any atom is -0.374 e. The maximum atomic E-state index is 4.29. The normalized spacial score (nSPS) is 18.8. The molecule has 3 rings (SSSR count). The summed E-state index contributed by atoms with van der Waals surface area (Å²) in [4.78, 5) is 6.66. The monoisotopic (exact) mass is 241 g/mol. The smallest absolute Gasteiger partial charge is 0.0949 e. The first-order valence-electron chi connectivity index (χ1n) is 6.50. The Balaban J connectivity index is 1.77. The zero-order valence-corrected chi connectivity index (χ0v) is 11.0. The molecular formula is C15H19N3. The molecular weight excluding hydrogens is 222 g/mol. The van der Waals surface area contributed by atoms with Crippen molar-refractivity contribution in [2.24, 2.45) is 5.92 Å². The van der Waals surface area contributed by atoms with Gasteiger partial charge >= 0.3 is 0 Å².